The van der Waals surface area contributed by atoms with Gasteiger partial charge in [0, 0.05) is 6.54 Å². The van der Waals surface area contributed by atoms with Crippen LogP contribution in [0.4, 0.5) is 0 Å². The Hall–Kier alpha value is -2.41. The number of piperidine rings is 1. The normalized spacial score (nSPS) is 21.3. The first-order valence-corrected chi connectivity index (χ1v) is 9.40. The van der Waals surface area contributed by atoms with Crippen molar-refractivity contribution in [2.75, 3.05) is 19.7 Å². The smallest absolute Gasteiger partial charge is 0.325 e. The van der Waals surface area contributed by atoms with Crippen molar-refractivity contribution in [2.45, 2.75) is 51.1 Å². The molecule has 1 aromatic rings. The molecule has 0 aromatic heterocycles. The lowest BCUT2D eigenvalue weighted by Gasteiger charge is -2.39. The molecule has 0 aliphatic carbocycles. The van der Waals surface area contributed by atoms with E-state index in [1.54, 1.807) is 6.92 Å². The number of carboxylic acid groups (broad SMARTS) is 1. The van der Waals surface area contributed by atoms with Crippen LogP contribution in [0.5, 0.6) is 0 Å². The summed E-state index contributed by atoms with van der Waals surface area (Å²) in [5, 5.41) is 11.6. The summed E-state index contributed by atoms with van der Waals surface area (Å²) in [6.07, 6.45) is 1.68. The number of carboxylic acids is 1. The second-order valence-corrected chi connectivity index (χ2v) is 6.81. The summed E-state index contributed by atoms with van der Waals surface area (Å²) in [5.74, 6) is -1.45. The summed E-state index contributed by atoms with van der Waals surface area (Å²) >= 11 is 0. The Bertz CT molecular complexity index is 649. The first-order valence-electron chi connectivity index (χ1n) is 9.40. The van der Waals surface area contributed by atoms with Crippen LogP contribution in [-0.2, 0) is 19.1 Å². The number of carbonyl (C=O) groups is 3. The second-order valence-electron chi connectivity index (χ2n) is 6.81. The molecule has 7 nitrogen and oxygen atoms in total. The van der Waals surface area contributed by atoms with E-state index in [1.807, 2.05) is 35.2 Å². The fourth-order valence-electron chi connectivity index (χ4n) is 3.42. The zero-order chi connectivity index (χ0) is 19.8. The largest absolute Gasteiger partial charge is 0.480 e. The molecule has 1 fully saturated rings. The number of ether oxygens (including phenoxy) is 1. The van der Waals surface area contributed by atoms with Crippen LogP contribution in [-0.4, -0.2) is 59.6 Å². The highest BCUT2D eigenvalue weighted by molar-refractivity contribution is 5.87. The van der Waals surface area contributed by atoms with E-state index in [9.17, 15) is 14.4 Å². The quantitative estimate of drug-likeness (QED) is 0.672. The fraction of sp³-hybridized carbons (Fsp3) is 0.550. The standard InChI is InChI=1S/C20H28N2O5/c1-3-27-18(23)10-12-22-11-9-16(15-7-5-4-6-8-15)13-17(22)19(24)21-14(2)20(25)26/h4-8,14,16-17H,3,9-13H2,1-2H3,(H,21,24)(H,25,26)/t14-,16-,17+/m0/s1. The van der Waals surface area contributed by atoms with Crippen molar-refractivity contribution in [1.82, 2.24) is 10.2 Å². The van der Waals surface area contributed by atoms with E-state index in [0.717, 1.165) is 6.42 Å². The van der Waals surface area contributed by atoms with E-state index in [-0.39, 0.29) is 24.2 Å². The van der Waals surface area contributed by atoms with Crippen molar-refractivity contribution in [3.05, 3.63) is 35.9 Å². The highest BCUT2D eigenvalue weighted by Crippen LogP contribution is 2.31. The molecule has 148 valence electrons. The maximum absolute atomic E-state index is 12.7. The fourth-order valence-corrected chi connectivity index (χ4v) is 3.42. The number of nitrogens with one attached hydrogen (secondary N) is 1. The van der Waals surface area contributed by atoms with Crippen molar-refractivity contribution in [1.29, 1.82) is 0 Å². The predicted octanol–water partition coefficient (Wildman–Crippen LogP) is 1.78. The number of benzene rings is 1. The third-order valence-corrected chi connectivity index (χ3v) is 4.92. The number of hydrogen-bond acceptors (Lipinski definition) is 5. The van der Waals surface area contributed by atoms with Crippen molar-refractivity contribution in [3.8, 4) is 0 Å². The van der Waals surface area contributed by atoms with Crippen LogP contribution in [0.25, 0.3) is 0 Å². The van der Waals surface area contributed by atoms with Crippen LogP contribution in [0.1, 0.15) is 44.6 Å². The van der Waals surface area contributed by atoms with Crippen LogP contribution in [0, 0.1) is 0 Å². The maximum Gasteiger partial charge on any atom is 0.325 e. The summed E-state index contributed by atoms with van der Waals surface area (Å²) < 4.78 is 4.97. The van der Waals surface area contributed by atoms with Crippen LogP contribution < -0.4 is 5.32 Å². The summed E-state index contributed by atoms with van der Waals surface area (Å²) in [7, 11) is 0. The highest BCUT2D eigenvalue weighted by Gasteiger charge is 2.35. The summed E-state index contributed by atoms with van der Waals surface area (Å²) in [6.45, 7) is 4.61. The van der Waals surface area contributed by atoms with Gasteiger partial charge < -0.3 is 15.2 Å². The predicted molar refractivity (Wildman–Crippen MR) is 100 cm³/mol. The Labute approximate surface area is 159 Å². The van der Waals surface area contributed by atoms with Crippen molar-refractivity contribution in [3.63, 3.8) is 0 Å². The molecule has 1 aliphatic heterocycles. The lowest BCUT2D eigenvalue weighted by atomic mass is 9.84. The molecular weight excluding hydrogens is 348 g/mol. The number of rotatable bonds is 8. The topological polar surface area (TPSA) is 95.9 Å². The van der Waals surface area contributed by atoms with E-state index in [2.05, 4.69) is 5.32 Å². The minimum atomic E-state index is -1.07. The number of esters is 1. The van der Waals surface area contributed by atoms with Gasteiger partial charge in [-0.1, -0.05) is 30.3 Å². The van der Waals surface area contributed by atoms with E-state index >= 15 is 0 Å². The van der Waals surface area contributed by atoms with E-state index < -0.39 is 18.1 Å². The molecule has 2 rings (SSSR count). The van der Waals surface area contributed by atoms with Crippen LogP contribution in [0.2, 0.25) is 0 Å². The van der Waals surface area contributed by atoms with Gasteiger partial charge in [0.05, 0.1) is 19.1 Å². The third kappa shape index (κ3) is 6.06. The second kappa shape index (κ2) is 10.1. The molecule has 3 atom stereocenters. The van der Waals surface area contributed by atoms with Gasteiger partial charge in [0.25, 0.3) is 0 Å². The molecule has 7 heteroatoms. The number of carbonyl (C=O) groups excluding carboxylic acids is 2. The lowest BCUT2D eigenvalue weighted by Crippen LogP contribution is -2.54. The molecule has 0 spiro atoms. The van der Waals surface area contributed by atoms with Crippen LogP contribution in [0.3, 0.4) is 0 Å². The molecule has 0 unspecified atom stereocenters. The van der Waals surface area contributed by atoms with E-state index in [1.165, 1.54) is 12.5 Å². The average Bonchev–Trinajstić information content (AvgIpc) is 2.67. The zero-order valence-corrected chi connectivity index (χ0v) is 15.9. The summed E-state index contributed by atoms with van der Waals surface area (Å²) in [5.41, 5.74) is 1.17. The monoisotopic (exact) mass is 376 g/mol. The Kier molecular flexibility index (Phi) is 7.79. The van der Waals surface area contributed by atoms with Gasteiger partial charge in [-0.25, -0.2) is 0 Å². The summed E-state index contributed by atoms with van der Waals surface area (Å²) in [6, 6.07) is 8.58. The van der Waals surface area contributed by atoms with Gasteiger partial charge in [-0.15, -0.1) is 0 Å². The Morgan fingerprint density at radius 2 is 2.00 bits per heavy atom. The van der Waals surface area contributed by atoms with Gasteiger partial charge in [-0.05, 0) is 44.7 Å². The van der Waals surface area contributed by atoms with Crippen molar-refractivity contribution >= 4 is 17.8 Å². The molecule has 1 saturated heterocycles. The average molecular weight is 376 g/mol. The van der Waals surface area contributed by atoms with Gasteiger partial charge in [-0.3, -0.25) is 19.3 Å². The molecule has 0 saturated carbocycles. The molecule has 27 heavy (non-hydrogen) atoms. The molecular formula is C20H28N2O5. The van der Waals surface area contributed by atoms with E-state index in [4.69, 9.17) is 9.84 Å². The van der Waals surface area contributed by atoms with Crippen molar-refractivity contribution < 1.29 is 24.2 Å². The highest BCUT2D eigenvalue weighted by atomic mass is 16.5. The number of aliphatic carboxylic acids is 1. The number of amides is 1. The van der Waals surface area contributed by atoms with Gasteiger partial charge in [0.2, 0.25) is 5.91 Å². The minimum absolute atomic E-state index is 0.210. The third-order valence-electron chi connectivity index (χ3n) is 4.92. The maximum atomic E-state index is 12.7. The van der Waals surface area contributed by atoms with Gasteiger partial charge >= 0.3 is 11.9 Å². The molecule has 1 heterocycles. The van der Waals surface area contributed by atoms with Gasteiger partial charge in [0.15, 0.2) is 0 Å². The zero-order valence-electron chi connectivity index (χ0n) is 15.9. The first-order chi connectivity index (χ1) is 12.9. The van der Waals surface area contributed by atoms with Gasteiger partial charge in [-0.2, -0.15) is 0 Å². The molecule has 1 aliphatic rings. The molecule has 0 bridgehead atoms. The molecule has 2 N–H and O–H groups in total. The Morgan fingerprint density at radius 3 is 2.63 bits per heavy atom. The number of hydrogen-bond donors (Lipinski definition) is 2. The molecule has 0 radical (unpaired) electrons. The summed E-state index contributed by atoms with van der Waals surface area (Å²) in [4.78, 5) is 37.5. The lowest BCUT2D eigenvalue weighted by molar-refractivity contribution is -0.144. The van der Waals surface area contributed by atoms with Crippen molar-refractivity contribution in [2.24, 2.45) is 0 Å². The Morgan fingerprint density at radius 1 is 1.30 bits per heavy atom. The number of nitrogens with zero attached hydrogens (tertiary/aromatic N) is 1. The Balaban J connectivity index is 2.09. The SMILES string of the molecule is CCOC(=O)CCN1CC[C@H](c2ccccc2)C[C@@H]1C(=O)N[C@@H](C)C(=O)O. The van der Waals surface area contributed by atoms with Gasteiger partial charge in [0.1, 0.15) is 6.04 Å². The minimum Gasteiger partial charge on any atom is -0.480 e. The van der Waals surface area contributed by atoms with E-state index in [0.29, 0.717) is 26.1 Å². The van der Waals surface area contributed by atoms with Crippen LogP contribution >= 0.6 is 0 Å². The molecule has 1 amide bonds. The molecule has 1 aromatic carbocycles. The first kappa shape index (κ1) is 20.9. The van der Waals surface area contributed by atoms with Crippen LogP contribution in [0.15, 0.2) is 30.3 Å². The number of likely N-dealkylation sites (tertiary alicyclic amines) is 1.